The predicted molar refractivity (Wildman–Crippen MR) is 132 cm³/mol. The van der Waals surface area contributed by atoms with Crippen molar-refractivity contribution in [2.75, 3.05) is 16.4 Å². The van der Waals surface area contributed by atoms with Crippen LogP contribution in [0.3, 0.4) is 0 Å². The van der Waals surface area contributed by atoms with Gasteiger partial charge >= 0.3 is 0 Å². The minimum Gasteiger partial charge on any atom is -0.340 e. The largest absolute Gasteiger partial charge is 0.340 e. The number of ether oxygens (including phenoxy) is 1. The summed E-state index contributed by atoms with van der Waals surface area (Å²) in [5.74, 6) is 1.60. The van der Waals surface area contributed by atoms with Crippen molar-refractivity contribution in [1.82, 2.24) is 9.97 Å². The Hall–Kier alpha value is -2.92. The van der Waals surface area contributed by atoms with E-state index in [1.54, 1.807) is 12.4 Å². The minimum absolute atomic E-state index is 0.0986. The summed E-state index contributed by atoms with van der Waals surface area (Å²) in [5, 5.41) is 0. The summed E-state index contributed by atoms with van der Waals surface area (Å²) in [5.41, 5.74) is 4.85. The molecule has 0 bridgehead atoms. The lowest BCUT2D eigenvalue weighted by Crippen LogP contribution is -2.41. The van der Waals surface area contributed by atoms with E-state index >= 15 is 0 Å². The van der Waals surface area contributed by atoms with Gasteiger partial charge in [-0.3, -0.25) is 9.80 Å². The van der Waals surface area contributed by atoms with E-state index in [1.807, 2.05) is 6.92 Å². The first-order valence-corrected chi connectivity index (χ1v) is 11.3. The first kappa shape index (κ1) is 22.3. The zero-order chi connectivity index (χ0) is 23.1. The monoisotopic (exact) mass is 430 g/mol. The number of benzene rings is 2. The van der Waals surface area contributed by atoms with Gasteiger partial charge in [-0.05, 0) is 53.1 Å². The van der Waals surface area contributed by atoms with E-state index in [9.17, 15) is 0 Å². The molecule has 32 heavy (non-hydrogen) atoms. The molecule has 1 aliphatic heterocycles. The lowest BCUT2D eigenvalue weighted by Gasteiger charge is -2.32. The van der Waals surface area contributed by atoms with Crippen LogP contribution in [0.2, 0.25) is 0 Å². The van der Waals surface area contributed by atoms with Gasteiger partial charge in [0.2, 0.25) is 6.35 Å². The van der Waals surface area contributed by atoms with Crippen molar-refractivity contribution in [1.29, 1.82) is 0 Å². The fourth-order valence-corrected chi connectivity index (χ4v) is 4.03. The highest BCUT2D eigenvalue weighted by molar-refractivity contribution is 5.82. The second-order valence-corrected chi connectivity index (χ2v) is 10.3. The van der Waals surface area contributed by atoms with Crippen LogP contribution >= 0.6 is 0 Å². The smallest absolute Gasteiger partial charge is 0.221 e. The second kappa shape index (κ2) is 8.21. The summed E-state index contributed by atoms with van der Waals surface area (Å²) >= 11 is 0. The molecule has 168 valence electrons. The average molecular weight is 431 g/mol. The number of fused-ring (bicyclic) bond motifs is 1. The van der Waals surface area contributed by atoms with Crippen molar-refractivity contribution < 1.29 is 4.74 Å². The number of hydrogen-bond donors (Lipinski definition) is 0. The molecule has 1 aliphatic rings. The molecule has 3 aromatic rings. The number of anilines is 4. The van der Waals surface area contributed by atoms with Crippen molar-refractivity contribution in [2.45, 2.75) is 65.6 Å². The summed E-state index contributed by atoms with van der Waals surface area (Å²) in [7, 11) is 0. The minimum atomic E-state index is -0.363. The van der Waals surface area contributed by atoms with E-state index in [1.165, 1.54) is 11.1 Å². The molecule has 0 unspecified atom stereocenters. The summed E-state index contributed by atoms with van der Waals surface area (Å²) in [6.07, 6.45) is 3.12. The average Bonchev–Trinajstić information content (AvgIpc) is 3.07. The molecule has 0 saturated carbocycles. The molecule has 0 N–H and O–H groups in total. The van der Waals surface area contributed by atoms with Crippen LogP contribution in [-0.4, -0.2) is 22.9 Å². The van der Waals surface area contributed by atoms with Crippen molar-refractivity contribution in [3.63, 3.8) is 0 Å². The van der Waals surface area contributed by atoms with Gasteiger partial charge in [0.1, 0.15) is 0 Å². The van der Waals surface area contributed by atoms with Crippen molar-refractivity contribution in [2.24, 2.45) is 0 Å². The quantitative estimate of drug-likeness (QED) is 0.462. The number of hydrogen-bond acceptors (Lipinski definition) is 5. The molecule has 0 fully saturated rings. The van der Waals surface area contributed by atoms with Crippen molar-refractivity contribution in [3.05, 3.63) is 72.1 Å². The zero-order valence-electron chi connectivity index (χ0n) is 20.3. The third kappa shape index (κ3) is 4.09. The first-order valence-electron chi connectivity index (χ1n) is 11.3. The third-order valence-electron chi connectivity index (χ3n) is 5.90. The molecule has 4 rings (SSSR count). The molecule has 0 atom stereocenters. The molecule has 0 amide bonds. The van der Waals surface area contributed by atoms with Gasteiger partial charge in [0, 0.05) is 30.4 Å². The lowest BCUT2D eigenvalue weighted by atomic mass is 9.87. The van der Waals surface area contributed by atoms with Crippen LogP contribution in [0.25, 0.3) is 0 Å². The highest BCUT2D eigenvalue weighted by Gasteiger charge is 2.41. The van der Waals surface area contributed by atoms with E-state index in [4.69, 9.17) is 14.7 Å². The van der Waals surface area contributed by atoms with Gasteiger partial charge in [-0.15, -0.1) is 0 Å². The highest BCUT2D eigenvalue weighted by atomic mass is 16.5. The molecule has 2 aromatic carbocycles. The van der Waals surface area contributed by atoms with E-state index in [0.717, 1.165) is 23.0 Å². The number of aromatic nitrogens is 2. The van der Waals surface area contributed by atoms with Crippen LogP contribution < -0.4 is 9.80 Å². The Kier molecular flexibility index (Phi) is 5.72. The van der Waals surface area contributed by atoms with Gasteiger partial charge in [-0.25, -0.2) is 9.97 Å². The molecular formula is C27H34N4O. The second-order valence-electron chi connectivity index (χ2n) is 10.3. The Bertz CT molecular complexity index is 978. The van der Waals surface area contributed by atoms with E-state index in [0.29, 0.717) is 6.61 Å². The van der Waals surface area contributed by atoms with Crippen LogP contribution in [0.15, 0.2) is 60.9 Å². The van der Waals surface area contributed by atoms with E-state index in [-0.39, 0.29) is 17.2 Å². The van der Waals surface area contributed by atoms with E-state index < -0.39 is 0 Å². The van der Waals surface area contributed by atoms with Crippen LogP contribution in [-0.2, 0) is 15.6 Å². The molecule has 5 heteroatoms. The van der Waals surface area contributed by atoms with Gasteiger partial charge in [-0.1, -0.05) is 65.8 Å². The number of nitrogens with zero attached hydrogens (tertiary/aromatic N) is 4. The Balaban J connectivity index is 1.79. The Morgan fingerprint density at radius 2 is 1.06 bits per heavy atom. The zero-order valence-corrected chi connectivity index (χ0v) is 20.3. The van der Waals surface area contributed by atoms with Crippen molar-refractivity contribution >= 4 is 23.0 Å². The van der Waals surface area contributed by atoms with Crippen LogP contribution in [0.1, 0.15) is 59.6 Å². The normalized spacial score (nSPS) is 14.7. The Morgan fingerprint density at radius 3 is 1.38 bits per heavy atom. The molecular weight excluding hydrogens is 396 g/mol. The molecule has 0 aliphatic carbocycles. The summed E-state index contributed by atoms with van der Waals surface area (Å²) in [6.45, 7) is 16.0. The van der Waals surface area contributed by atoms with Gasteiger partial charge < -0.3 is 4.74 Å². The summed E-state index contributed by atoms with van der Waals surface area (Å²) < 4.78 is 6.29. The maximum absolute atomic E-state index is 6.29. The Morgan fingerprint density at radius 1 is 0.688 bits per heavy atom. The maximum atomic E-state index is 6.29. The molecule has 2 heterocycles. The SMILES string of the molecule is CCOC1N(c2ccc(C(C)(C)C)cc2)c2nccnc2N1c1ccc(C(C)(C)C)cc1. The predicted octanol–water partition coefficient (Wildman–Crippen LogP) is 6.68. The standard InChI is InChI=1S/C27H34N4O/c1-8-32-25-30(21-13-9-19(10-14-21)26(2,3)4)23-24(29-18-17-28-23)31(25)22-15-11-20(12-16-22)27(5,6)7/h9-18,25H,8H2,1-7H3. The van der Waals surface area contributed by atoms with Gasteiger partial charge in [0.25, 0.3) is 0 Å². The molecule has 0 spiro atoms. The molecule has 0 saturated heterocycles. The molecule has 5 nitrogen and oxygen atoms in total. The fraction of sp³-hybridized carbons (Fsp3) is 0.407. The topological polar surface area (TPSA) is 41.5 Å². The van der Waals surface area contributed by atoms with Gasteiger partial charge in [0.05, 0.1) is 0 Å². The highest BCUT2D eigenvalue weighted by Crippen LogP contribution is 2.45. The summed E-state index contributed by atoms with van der Waals surface area (Å²) in [6, 6.07) is 17.4. The summed E-state index contributed by atoms with van der Waals surface area (Å²) in [4.78, 5) is 13.7. The van der Waals surface area contributed by atoms with Crippen molar-refractivity contribution in [3.8, 4) is 0 Å². The first-order chi connectivity index (χ1) is 15.1. The third-order valence-corrected chi connectivity index (χ3v) is 5.90. The van der Waals surface area contributed by atoms with Crippen LogP contribution in [0.4, 0.5) is 23.0 Å². The number of rotatable bonds is 4. The fourth-order valence-electron chi connectivity index (χ4n) is 4.03. The van der Waals surface area contributed by atoms with Gasteiger partial charge in [0.15, 0.2) is 11.6 Å². The van der Waals surface area contributed by atoms with E-state index in [2.05, 4.69) is 99.9 Å². The lowest BCUT2D eigenvalue weighted by molar-refractivity contribution is 0.0767. The maximum Gasteiger partial charge on any atom is 0.221 e. The van der Waals surface area contributed by atoms with Crippen LogP contribution in [0, 0.1) is 0 Å². The van der Waals surface area contributed by atoms with Gasteiger partial charge in [-0.2, -0.15) is 0 Å². The molecule has 0 radical (unpaired) electrons. The van der Waals surface area contributed by atoms with Crippen LogP contribution in [0.5, 0.6) is 0 Å². The molecule has 1 aromatic heterocycles. The Labute approximate surface area is 192 Å².